The van der Waals surface area contributed by atoms with Gasteiger partial charge in [0.05, 0.1) is 11.5 Å². The summed E-state index contributed by atoms with van der Waals surface area (Å²) in [5.41, 5.74) is 5.61. The first-order valence-corrected chi connectivity index (χ1v) is 8.36. The highest BCUT2D eigenvalue weighted by atomic mass is 16.3. The van der Waals surface area contributed by atoms with Crippen molar-refractivity contribution in [2.75, 3.05) is 0 Å². The second kappa shape index (κ2) is 5.45. The first-order valence-electron chi connectivity index (χ1n) is 8.36. The molecule has 3 aliphatic carbocycles. The third-order valence-electron chi connectivity index (χ3n) is 5.62. The van der Waals surface area contributed by atoms with Gasteiger partial charge < -0.3 is 21.1 Å². The maximum Gasteiger partial charge on any atom is 0.255 e. The van der Waals surface area contributed by atoms with Crippen LogP contribution in [-0.2, 0) is 16.0 Å². The molecule has 3 atom stereocenters. The number of carbonyl (C=O) groups is 3. The zero-order chi connectivity index (χ0) is 18.7. The van der Waals surface area contributed by atoms with Crippen molar-refractivity contribution >= 4 is 17.5 Å². The van der Waals surface area contributed by atoms with Gasteiger partial charge in [-0.2, -0.15) is 0 Å². The van der Waals surface area contributed by atoms with Gasteiger partial charge in [0, 0.05) is 12.0 Å². The average Bonchev–Trinajstić information content (AvgIpc) is 2.53. The Balaban J connectivity index is 1.85. The number of phenolic OH excluding ortho intramolecular Hbond substituents is 1. The molecule has 1 aromatic rings. The zero-order valence-electron chi connectivity index (χ0n) is 13.7. The third kappa shape index (κ3) is 2.09. The Hall–Kier alpha value is -3.09. The van der Waals surface area contributed by atoms with Crippen LogP contribution >= 0.6 is 0 Å². The number of phenols is 1. The van der Waals surface area contributed by atoms with Crippen LogP contribution in [0.2, 0.25) is 0 Å². The van der Waals surface area contributed by atoms with Crippen molar-refractivity contribution in [2.45, 2.75) is 19.3 Å². The third-order valence-corrected chi connectivity index (χ3v) is 5.62. The van der Waals surface area contributed by atoms with Crippen molar-refractivity contribution in [1.29, 1.82) is 0 Å². The maximum atomic E-state index is 12.9. The lowest BCUT2D eigenvalue weighted by molar-refractivity contribution is -0.126. The number of allylic oxidation sites excluding steroid dienone is 3. The van der Waals surface area contributed by atoms with Crippen molar-refractivity contribution in [3.63, 3.8) is 0 Å². The summed E-state index contributed by atoms with van der Waals surface area (Å²) < 4.78 is 0. The SMILES string of the molecule is NC(=O)C1=C(O)CC2C[C@@H]3Cc4cccc(O)c4C(=O)C3=C(O)C2C1=O. The molecule has 7 nitrogen and oxygen atoms in total. The van der Waals surface area contributed by atoms with Crippen LogP contribution in [0.5, 0.6) is 5.75 Å². The van der Waals surface area contributed by atoms with Crippen LogP contribution in [0.15, 0.2) is 40.9 Å². The van der Waals surface area contributed by atoms with Crippen LogP contribution in [0.1, 0.15) is 28.8 Å². The van der Waals surface area contributed by atoms with Crippen molar-refractivity contribution in [1.82, 2.24) is 0 Å². The number of carbonyl (C=O) groups excluding carboxylic acids is 3. The molecule has 0 aromatic heterocycles. The molecule has 5 N–H and O–H groups in total. The first-order chi connectivity index (χ1) is 12.3. The minimum absolute atomic E-state index is 0.0452. The summed E-state index contributed by atoms with van der Waals surface area (Å²) in [4.78, 5) is 37.0. The minimum Gasteiger partial charge on any atom is -0.511 e. The summed E-state index contributed by atoms with van der Waals surface area (Å²) in [7, 11) is 0. The van der Waals surface area contributed by atoms with Gasteiger partial charge in [0.15, 0.2) is 11.6 Å². The monoisotopic (exact) mass is 355 g/mol. The van der Waals surface area contributed by atoms with E-state index in [-0.39, 0.29) is 40.7 Å². The van der Waals surface area contributed by atoms with Crippen molar-refractivity contribution in [3.8, 4) is 5.75 Å². The van der Waals surface area contributed by atoms with Crippen molar-refractivity contribution < 1.29 is 29.7 Å². The van der Waals surface area contributed by atoms with E-state index in [1.54, 1.807) is 12.1 Å². The Labute approximate surface area is 148 Å². The van der Waals surface area contributed by atoms with Gasteiger partial charge in [0.25, 0.3) is 5.91 Å². The van der Waals surface area contributed by atoms with Crippen LogP contribution in [-0.4, -0.2) is 32.8 Å². The summed E-state index contributed by atoms with van der Waals surface area (Å²) in [6.45, 7) is 0. The largest absolute Gasteiger partial charge is 0.511 e. The second-order valence-electron chi connectivity index (χ2n) is 7.07. The van der Waals surface area contributed by atoms with Gasteiger partial charge in [-0.25, -0.2) is 0 Å². The molecule has 3 aliphatic rings. The van der Waals surface area contributed by atoms with E-state index in [9.17, 15) is 29.7 Å². The number of hydrogen-bond acceptors (Lipinski definition) is 6. The lowest BCUT2D eigenvalue weighted by Crippen LogP contribution is -2.43. The highest BCUT2D eigenvalue weighted by molar-refractivity contribution is 6.22. The van der Waals surface area contributed by atoms with E-state index in [1.165, 1.54) is 6.07 Å². The lowest BCUT2D eigenvalue weighted by atomic mass is 9.62. The normalized spacial score (nSPS) is 27.8. The fraction of sp³-hybridized carbons (Fsp3) is 0.316. The van der Waals surface area contributed by atoms with Crippen LogP contribution < -0.4 is 5.73 Å². The van der Waals surface area contributed by atoms with Gasteiger partial charge in [-0.05, 0) is 36.3 Å². The summed E-state index contributed by atoms with van der Waals surface area (Å²) in [6.07, 6.45) is 0.899. The van der Waals surface area contributed by atoms with Crippen molar-refractivity contribution in [2.24, 2.45) is 23.5 Å². The Morgan fingerprint density at radius 1 is 1.12 bits per heavy atom. The van der Waals surface area contributed by atoms with Crippen LogP contribution in [0.4, 0.5) is 0 Å². The Morgan fingerprint density at radius 3 is 2.54 bits per heavy atom. The zero-order valence-corrected chi connectivity index (χ0v) is 13.7. The molecular weight excluding hydrogens is 338 g/mol. The molecule has 0 saturated heterocycles. The van der Waals surface area contributed by atoms with Gasteiger partial charge in [-0.3, -0.25) is 14.4 Å². The Kier molecular flexibility index (Phi) is 3.44. The van der Waals surface area contributed by atoms with E-state index < -0.39 is 34.9 Å². The van der Waals surface area contributed by atoms with Crippen LogP contribution in [0.3, 0.4) is 0 Å². The lowest BCUT2D eigenvalue weighted by Gasteiger charge is -2.40. The van der Waals surface area contributed by atoms with E-state index in [2.05, 4.69) is 0 Å². The molecule has 134 valence electrons. The van der Waals surface area contributed by atoms with Gasteiger partial charge >= 0.3 is 0 Å². The quantitative estimate of drug-likeness (QED) is 0.563. The Morgan fingerprint density at radius 2 is 1.85 bits per heavy atom. The number of aliphatic hydroxyl groups excluding tert-OH is 2. The number of amides is 1. The number of benzene rings is 1. The molecule has 0 spiro atoms. The number of ketones is 2. The number of Topliss-reactive ketones (excluding diaryl/α,β-unsaturated/α-hetero) is 2. The fourth-order valence-corrected chi connectivity index (χ4v) is 4.58. The molecule has 0 radical (unpaired) electrons. The second-order valence-corrected chi connectivity index (χ2v) is 7.07. The molecule has 7 heteroatoms. The number of aliphatic hydroxyl groups is 2. The van der Waals surface area contributed by atoms with Gasteiger partial charge in [-0.1, -0.05) is 12.1 Å². The minimum atomic E-state index is -1.07. The highest BCUT2D eigenvalue weighted by Crippen LogP contribution is 2.49. The van der Waals surface area contributed by atoms with Gasteiger partial charge in [0.2, 0.25) is 0 Å². The number of aromatic hydroxyl groups is 1. The molecule has 0 bridgehead atoms. The summed E-state index contributed by atoms with van der Waals surface area (Å²) >= 11 is 0. The number of rotatable bonds is 1. The number of hydrogen-bond donors (Lipinski definition) is 4. The molecule has 0 aliphatic heterocycles. The van der Waals surface area contributed by atoms with Crippen LogP contribution in [0.25, 0.3) is 0 Å². The predicted molar refractivity (Wildman–Crippen MR) is 89.4 cm³/mol. The molecule has 4 rings (SSSR count). The number of fused-ring (bicyclic) bond motifs is 3. The van der Waals surface area contributed by atoms with E-state index >= 15 is 0 Å². The molecule has 0 fully saturated rings. The molecule has 1 aromatic carbocycles. The topological polar surface area (TPSA) is 138 Å². The molecule has 26 heavy (non-hydrogen) atoms. The van der Waals surface area contributed by atoms with E-state index in [1.807, 2.05) is 0 Å². The van der Waals surface area contributed by atoms with Crippen molar-refractivity contribution in [3.05, 3.63) is 52.0 Å². The summed E-state index contributed by atoms with van der Waals surface area (Å²) in [5, 5.41) is 30.8. The van der Waals surface area contributed by atoms with E-state index in [0.29, 0.717) is 18.4 Å². The maximum absolute atomic E-state index is 12.9. The number of primary amides is 1. The molecule has 0 heterocycles. The first kappa shape index (κ1) is 16.4. The summed E-state index contributed by atoms with van der Waals surface area (Å²) in [6, 6.07) is 4.80. The highest BCUT2D eigenvalue weighted by Gasteiger charge is 2.50. The standard InChI is InChI=1S/C19H17NO6/c20-19(26)15-11(22)6-9-5-8-4-7-2-1-3-10(21)12(7)16(23)13(8)17(24)14(9)18(15)25/h1-3,8-9,14,21-22,24H,4-6H2,(H2,20,26)/t8-,9?,14?/m0/s1. The van der Waals surface area contributed by atoms with Crippen LogP contribution in [0, 0.1) is 17.8 Å². The summed E-state index contributed by atoms with van der Waals surface area (Å²) in [5.74, 6) is -5.01. The molecule has 2 unspecified atom stereocenters. The van der Waals surface area contributed by atoms with Gasteiger partial charge in [0.1, 0.15) is 22.8 Å². The fourth-order valence-electron chi connectivity index (χ4n) is 4.58. The van der Waals surface area contributed by atoms with Gasteiger partial charge in [-0.15, -0.1) is 0 Å². The predicted octanol–water partition coefficient (Wildman–Crippen LogP) is 1.47. The average molecular weight is 355 g/mol. The molecular formula is C19H17NO6. The van der Waals surface area contributed by atoms with E-state index in [0.717, 1.165) is 0 Å². The number of nitrogens with two attached hydrogens (primary N) is 1. The molecule has 0 saturated carbocycles. The Bertz CT molecular complexity index is 941. The molecule has 1 amide bonds. The van der Waals surface area contributed by atoms with E-state index in [4.69, 9.17) is 5.73 Å². The smallest absolute Gasteiger partial charge is 0.255 e.